The molecule has 10 rings (SSSR count). The number of fused-ring (bicyclic) bond motifs is 2. The summed E-state index contributed by atoms with van der Waals surface area (Å²) in [7, 11) is 9.28. The first-order chi connectivity index (χ1) is 59.1. The zero-order valence-electron chi connectivity index (χ0n) is 72.3. The van der Waals surface area contributed by atoms with Crippen molar-refractivity contribution in [1.82, 2.24) is 5.32 Å². The van der Waals surface area contributed by atoms with Crippen LogP contribution in [0.25, 0.3) is 52.2 Å². The van der Waals surface area contributed by atoms with E-state index in [4.69, 9.17) is 95.5 Å². The first-order valence-electron chi connectivity index (χ1n) is 39.7. The molecule has 3 fully saturated rings. The molecule has 0 spiro atoms. The number of ether oxygens (including phenoxy) is 15. The molecule has 2 heterocycles. The monoisotopic (exact) mass is 2190 g/mol. The first-order valence-corrected chi connectivity index (χ1v) is 39.7. The number of aliphatic hydroxyl groups is 5. The van der Waals surface area contributed by atoms with Crippen molar-refractivity contribution in [3.63, 3.8) is 0 Å². The van der Waals surface area contributed by atoms with Crippen molar-refractivity contribution in [1.29, 1.82) is 0 Å². The smallest absolute Gasteiger partial charge is 0.333 e. The van der Waals surface area contributed by atoms with Crippen LogP contribution in [0.3, 0.4) is 0 Å². The Morgan fingerprint density at radius 3 is 1.05 bits per heavy atom. The third kappa shape index (κ3) is 38.1. The van der Waals surface area contributed by atoms with Crippen molar-refractivity contribution in [3.05, 3.63) is 146 Å². The van der Waals surface area contributed by atoms with Gasteiger partial charge in [0.05, 0.1) is 171 Å². The average molecular weight is 2190 g/mol. The summed E-state index contributed by atoms with van der Waals surface area (Å²) in [6, 6.07) is -1.13. The van der Waals surface area contributed by atoms with Gasteiger partial charge in [-0.3, -0.25) is 0 Å². The van der Waals surface area contributed by atoms with Gasteiger partial charge in [0, 0.05) is 188 Å². The SMILES string of the molecule is C=CCOC1C=C(C(=O)OC)CC(N=[N+]=[N-])[C@@H]1C.COC(=O)C1=CC(OCC(O)CO)[C@@H](C)C(N=[N+]=[N-])C1.COC(=O)C1=CC(OCC2CO2)[C@@H](C)C(N=[N+]=[N-])C1.COC(=O)C1=CC(OCC=O)[C@@H](C)C(N=[N+]=[N-])C1.COC(=O)C1=CC(OCCO)C2NC2C1.COC(=O)C1=CC(OCCO)[C@@H](C)C(N=[N+]=[N-])C1.COC(=O)C1=CC(OCCO)[C@@H]2C[C@@H]2C1.[Ac].[Ac]. The molecule has 10 aliphatic rings. The van der Waals surface area contributed by atoms with Gasteiger partial charge in [-0.15, -0.1) is 6.58 Å². The second-order valence-electron chi connectivity index (χ2n) is 29.4. The topological polar surface area (TPSA) is 645 Å². The summed E-state index contributed by atoms with van der Waals surface area (Å²) in [4.78, 5) is 105. The number of aliphatic hydroxyl groups excluding tert-OH is 5. The number of hydrogen-bond donors (Lipinski definition) is 6. The first kappa shape index (κ1) is 114. The molecule has 44 nitrogen and oxygen atoms in total. The number of nitrogens with one attached hydrogen (secondary N) is 1. The molecule has 2 radical (unpaired) electrons. The van der Waals surface area contributed by atoms with Crippen LogP contribution in [0.1, 0.15) is 86.0 Å². The van der Waals surface area contributed by atoms with Gasteiger partial charge in [-0.25, -0.2) is 33.6 Å². The van der Waals surface area contributed by atoms with Gasteiger partial charge in [-0.2, -0.15) is 0 Å². The van der Waals surface area contributed by atoms with E-state index in [0.29, 0.717) is 135 Å². The number of carbonyl (C=O) groups excluding carboxylic acids is 8. The largest absolute Gasteiger partial charge is 0.466 e. The summed E-state index contributed by atoms with van der Waals surface area (Å²) >= 11 is 0. The second-order valence-corrected chi connectivity index (χ2v) is 29.4. The average Bonchev–Trinajstić information content (AvgIpc) is 1.63. The molecule has 1 saturated carbocycles. The van der Waals surface area contributed by atoms with Crippen LogP contribution in [0.2, 0.25) is 0 Å². The molecular weight excluding hydrogens is 2070 g/mol. The fraction of sp³-hybridized carbons (Fsp3) is 0.696. The predicted octanol–water partition coefficient (Wildman–Crippen LogP) is 6.79. The van der Waals surface area contributed by atoms with Crippen LogP contribution < -0.4 is 5.32 Å². The molecule has 0 aromatic carbocycles. The minimum atomic E-state index is -0.989. The summed E-state index contributed by atoms with van der Waals surface area (Å²) in [6.45, 7) is 14.8. The quantitative estimate of drug-likeness (QED) is 0.00564. The number of nitrogens with zero attached hydrogens (tertiary/aromatic N) is 15. The van der Waals surface area contributed by atoms with Crippen molar-refractivity contribution in [2.24, 2.45) is 67.0 Å². The molecule has 125 heavy (non-hydrogen) atoms. The summed E-state index contributed by atoms with van der Waals surface area (Å²) < 4.78 is 76.2. The van der Waals surface area contributed by atoms with Gasteiger partial charge < -0.3 is 107 Å². The maximum absolute atomic E-state index is 11.6. The summed E-state index contributed by atoms with van der Waals surface area (Å²) in [5, 5.41) is 65.8. The van der Waals surface area contributed by atoms with Crippen molar-refractivity contribution in [2.75, 3.05) is 129 Å². The van der Waals surface area contributed by atoms with Crippen LogP contribution in [0.5, 0.6) is 0 Å². The minimum Gasteiger partial charge on any atom is -0.466 e. The van der Waals surface area contributed by atoms with Crippen LogP contribution in [0.15, 0.2) is 120 Å². The number of rotatable bonds is 34. The normalized spacial score (nSPS) is 28.9. The minimum absolute atomic E-state index is 0. The molecule has 2 aliphatic heterocycles. The summed E-state index contributed by atoms with van der Waals surface area (Å²) in [5.74, 6) is -1.93. The number of aldehydes is 1. The molecule has 2 saturated heterocycles. The van der Waals surface area contributed by atoms with E-state index in [9.17, 15) is 43.5 Å². The van der Waals surface area contributed by atoms with Crippen LogP contribution >= 0.6 is 0 Å². The Kier molecular flexibility index (Phi) is 56.5. The van der Waals surface area contributed by atoms with Crippen LogP contribution in [0.4, 0.5) is 0 Å². The Morgan fingerprint density at radius 1 is 0.448 bits per heavy atom. The van der Waals surface area contributed by atoms with E-state index in [0.717, 1.165) is 18.4 Å². The zero-order chi connectivity index (χ0) is 91.3. The Hall–Kier alpha value is -7.25. The molecule has 0 aromatic heterocycles. The standard InChI is InChI=1S/C12H19N3O5.C12H17N3O4.C12H17N3O3.C11H17N3O4.C11H15N3O4.C11H16O4.C10H15NO4.2Ac/c1-7-10(14-15-13)3-8(12(18)19-2)4-11(7)20-6-9(17)5-16;1-7-10(14-15-13)3-8(12(16)17-2)4-11(7)19-6-9-5-18-9;1-4-5-18-11-7-9(12(16)17-3)6-10(8(11)2)14-15-13;2*1-7-9(13-14-12)5-8(11(16)17-2)6-10(7)18-4-3-15;1-14-11(13)8-4-7-5-9(7)10(6-8)15-3-2-12;1-14-10(13)6-4-7-9(11-7)8(5-6)15-3-2-12;;/h4,7,9-11,16-17H,3,5-6H2,1-2H3;4,7,9-11H,3,5-6H2,1-2H3;4,7-8,10-11H,1,5-6H2,2-3H3;6-7,9-10,15H,3-5H2,1-2H3;3,6-7,9-10H,4-5H2,1-2H3;6-7,9-10,12H,2-5H2,1H3;5,7-9,11-12H,2-4H2,1H3;;/t2*7-,9?,10?,11?;8-,10?,11?;2*7-,9?,10?;7-,9+,10?;;;/m000000.../s1. The Bertz CT molecular complexity index is 3870. The summed E-state index contributed by atoms with van der Waals surface area (Å²) in [6.07, 6.45) is 15.9. The molecule has 0 bridgehead atoms. The van der Waals surface area contributed by atoms with Gasteiger partial charge in [-0.05, 0) is 163 Å². The van der Waals surface area contributed by atoms with Gasteiger partial charge in [0.15, 0.2) is 0 Å². The van der Waals surface area contributed by atoms with Gasteiger partial charge in [-0.1, -0.05) is 66.3 Å². The van der Waals surface area contributed by atoms with Crippen molar-refractivity contribution >= 4 is 48.1 Å². The van der Waals surface area contributed by atoms with E-state index in [1.807, 2.05) is 40.7 Å². The second kappa shape index (κ2) is 62.1. The molecule has 46 heteroatoms. The van der Waals surface area contributed by atoms with E-state index in [-0.39, 0.29) is 230 Å². The molecule has 0 amide bonds. The molecule has 8 aliphatic carbocycles. The molecule has 23 atom stereocenters. The zero-order valence-corrected chi connectivity index (χ0v) is 81.8. The van der Waals surface area contributed by atoms with Crippen molar-refractivity contribution in [3.8, 4) is 0 Å². The predicted molar refractivity (Wildman–Crippen MR) is 434 cm³/mol. The van der Waals surface area contributed by atoms with Crippen molar-refractivity contribution in [2.45, 2.75) is 183 Å². The van der Waals surface area contributed by atoms with Gasteiger partial charge >= 0.3 is 41.8 Å². The van der Waals surface area contributed by atoms with E-state index >= 15 is 0 Å². The van der Waals surface area contributed by atoms with Crippen LogP contribution in [-0.4, -0.2) is 300 Å². The van der Waals surface area contributed by atoms with E-state index < -0.39 is 60.8 Å². The van der Waals surface area contributed by atoms with Gasteiger partial charge in [0.2, 0.25) is 0 Å². The van der Waals surface area contributed by atoms with Crippen LogP contribution in [-0.2, 0) is 109 Å². The molecule has 6 N–H and O–H groups in total. The molecule has 16 unspecified atom stereocenters. The maximum Gasteiger partial charge on any atom is 0.333 e. The molecule has 686 valence electrons. The van der Waals surface area contributed by atoms with E-state index in [2.05, 4.69) is 85.7 Å². The fourth-order valence-corrected chi connectivity index (χ4v) is 14.0. The maximum atomic E-state index is 11.6. The van der Waals surface area contributed by atoms with Gasteiger partial charge in [0.1, 0.15) is 25.1 Å². The van der Waals surface area contributed by atoms with E-state index in [1.165, 1.54) is 49.8 Å². The van der Waals surface area contributed by atoms with E-state index in [1.54, 1.807) is 42.5 Å². The van der Waals surface area contributed by atoms with Gasteiger partial charge in [0.25, 0.3) is 0 Å². The Balaban J connectivity index is 0.000000493. The number of methoxy groups -OCH3 is 7. The third-order valence-electron chi connectivity index (χ3n) is 21.4. The van der Waals surface area contributed by atoms with Crippen molar-refractivity contribution < 1.29 is 223 Å². The van der Waals surface area contributed by atoms with Crippen LogP contribution in [0, 0.1) is 130 Å². The Labute approximate surface area is 795 Å². The fourth-order valence-electron chi connectivity index (χ4n) is 14.0. The summed E-state index contributed by atoms with van der Waals surface area (Å²) in [5.41, 5.74) is 46.3. The number of epoxide rings is 1. The Morgan fingerprint density at radius 2 is 0.736 bits per heavy atom. The molecule has 0 aromatic rings. The number of hydrogen-bond acceptors (Lipinski definition) is 34. The number of azide groups is 5. The number of carbonyl (C=O) groups is 8. The number of esters is 7. The third-order valence-corrected chi connectivity index (χ3v) is 21.4. The molecular formula is C79H116Ac2N16O28.